The first-order valence-corrected chi connectivity index (χ1v) is 19.8. The molecule has 3 aliphatic rings. The van der Waals surface area contributed by atoms with Gasteiger partial charge in [-0.2, -0.15) is 0 Å². The van der Waals surface area contributed by atoms with Gasteiger partial charge in [0.05, 0.1) is 46.3 Å². The summed E-state index contributed by atoms with van der Waals surface area (Å²) in [6, 6.07) is 29.2. The van der Waals surface area contributed by atoms with Gasteiger partial charge in [0.2, 0.25) is 0 Å². The Kier molecular flexibility index (Phi) is 8.50. The lowest BCUT2D eigenvalue weighted by Gasteiger charge is -2.37. The Hall–Kier alpha value is -4.64. The molecule has 0 aliphatic carbocycles. The van der Waals surface area contributed by atoms with Crippen molar-refractivity contribution in [3.05, 3.63) is 102 Å². The number of amides is 2. The highest BCUT2D eigenvalue weighted by atomic mass is 28.3. The van der Waals surface area contributed by atoms with E-state index >= 15 is 4.79 Å². The van der Waals surface area contributed by atoms with Crippen LogP contribution in [0, 0.1) is 5.92 Å². The van der Waals surface area contributed by atoms with E-state index in [9.17, 15) is 9.90 Å². The summed E-state index contributed by atoms with van der Waals surface area (Å²) in [4.78, 5) is 31.7. The number of aliphatic hydroxyl groups excluding tert-OH is 1. The smallest absolute Gasteiger partial charge is 0.269 e. The number of nitrogens with zero attached hydrogens (tertiary/aromatic N) is 2. The molecule has 7 rings (SSSR count). The average molecular weight is 679 g/mol. The summed E-state index contributed by atoms with van der Waals surface area (Å²) in [7, 11) is 0.968. The molecule has 4 aromatic carbocycles. The summed E-state index contributed by atoms with van der Waals surface area (Å²) in [5.41, 5.74) is 2.56. The fourth-order valence-electron chi connectivity index (χ4n) is 8.34. The van der Waals surface area contributed by atoms with Crippen LogP contribution in [0.2, 0.25) is 18.6 Å². The number of methoxy groups -OCH3 is 2. The second-order valence-electron chi connectivity index (χ2n) is 13.6. The fourth-order valence-corrected chi connectivity index (χ4v) is 12.4. The molecule has 0 bridgehead atoms. The highest BCUT2D eigenvalue weighted by molar-refractivity contribution is 6.91. The first-order valence-electron chi connectivity index (χ1n) is 16.7. The lowest BCUT2D eigenvalue weighted by Crippen LogP contribution is -2.51. The number of rotatable bonds is 9. The van der Waals surface area contributed by atoms with Gasteiger partial charge in [0.15, 0.2) is 12.2 Å². The zero-order valence-corrected chi connectivity index (χ0v) is 29.5. The van der Waals surface area contributed by atoms with Crippen molar-refractivity contribution in [2.24, 2.45) is 5.92 Å². The van der Waals surface area contributed by atoms with Crippen LogP contribution in [-0.2, 0) is 26.5 Å². The van der Waals surface area contributed by atoms with Gasteiger partial charge in [-0.25, -0.2) is 0 Å². The third kappa shape index (κ3) is 5.29. The maximum atomic E-state index is 15.1. The van der Waals surface area contributed by atoms with E-state index in [1.807, 2.05) is 78.9 Å². The molecule has 3 aliphatic heterocycles. The van der Waals surface area contributed by atoms with Crippen molar-refractivity contribution in [1.29, 1.82) is 0 Å². The van der Waals surface area contributed by atoms with Crippen molar-refractivity contribution in [2.45, 2.75) is 50.2 Å². The van der Waals surface area contributed by atoms with Crippen LogP contribution in [0.5, 0.6) is 17.2 Å². The third-order valence-electron chi connectivity index (χ3n) is 10.7. The Morgan fingerprint density at radius 2 is 1.63 bits per heavy atom. The van der Waals surface area contributed by atoms with Gasteiger partial charge in [-0.15, -0.1) is 0 Å². The zero-order chi connectivity index (χ0) is 34.5. The van der Waals surface area contributed by atoms with Crippen molar-refractivity contribution in [1.82, 2.24) is 0 Å². The topological polar surface area (TPSA) is 97.8 Å². The van der Waals surface area contributed by atoms with Gasteiger partial charge in [0, 0.05) is 23.8 Å². The Morgan fingerprint density at radius 3 is 2.37 bits per heavy atom. The van der Waals surface area contributed by atoms with Crippen LogP contribution >= 0.6 is 0 Å². The molecule has 1 N–H and O–H groups in total. The lowest BCUT2D eigenvalue weighted by atomic mass is 9.82. The maximum Gasteiger partial charge on any atom is 0.269 e. The van der Waals surface area contributed by atoms with Crippen LogP contribution in [0.25, 0.3) is 0 Å². The highest BCUT2D eigenvalue weighted by Gasteiger charge is 2.66. The van der Waals surface area contributed by atoms with Crippen LogP contribution in [0.3, 0.4) is 0 Å². The molecule has 10 heteroatoms. The molecule has 0 saturated carbocycles. The van der Waals surface area contributed by atoms with Crippen molar-refractivity contribution in [2.75, 3.05) is 37.2 Å². The number of carbonyl (C=O) groups excluding carboxylic acids is 2. The van der Waals surface area contributed by atoms with Crippen molar-refractivity contribution < 1.29 is 33.6 Å². The largest absolute Gasteiger partial charge is 0.497 e. The van der Waals surface area contributed by atoms with Gasteiger partial charge in [-0.05, 0) is 72.1 Å². The molecule has 2 amide bonds. The van der Waals surface area contributed by atoms with Crippen LogP contribution < -0.4 is 29.2 Å². The van der Waals surface area contributed by atoms with E-state index in [1.54, 1.807) is 24.0 Å². The van der Waals surface area contributed by atoms with Crippen LogP contribution in [0.4, 0.5) is 17.1 Å². The average Bonchev–Trinajstić information content (AvgIpc) is 3.54. The quantitative estimate of drug-likeness (QED) is 0.220. The Bertz CT molecular complexity index is 1900. The number of para-hydroxylation sites is 2. The standard InChI is InChI=1S/C39H42N2O7Si/c1-25-37(49(4,5)30-16-13-28(45-2)14-17-30)35(19-20-42)48-39(25)31-22-29(46-3)15-18-32(31)40(38(39)44)23-26-9-8-10-27(21-26)41-33-11-6-7-12-34(33)47-24-36(41)43/h6-18,21-22,25,35,37,42H,19-20,23-24H2,1-5H3/t25-,35+,37-,39+/m1/s1. The summed E-state index contributed by atoms with van der Waals surface area (Å²) in [5, 5.41) is 11.5. The number of fused-ring (bicyclic) bond motifs is 3. The van der Waals surface area contributed by atoms with E-state index < -0.39 is 13.7 Å². The monoisotopic (exact) mass is 678 g/mol. The minimum atomic E-state index is -2.31. The van der Waals surface area contributed by atoms with Crippen molar-refractivity contribution >= 4 is 42.1 Å². The molecule has 49 heavy (non-hydrogen) atoms. The predicted octanol–water partition coefficient (Wildman–Crippen LogP) is 5.91. The highest BCUT2D eigenvalue weighted by Crippen LogP contribution is 2.60. The Labute approximate surface area is 288 Å². The van der Waals surface area contributed by atoms with Crippen LogP contribution in [0.1, 0.15) is 24.5 Å². The Balaban J connectivity index is 1.28. The molecule has 1 spiro atoms. The summed E-state index contributed by atoms with van der Waals surface area (Å²) < 4.78 is 23.8. The first-order chi connectivity index (χ1) is 23.6. The van der Waals surface area contributed by atoms with Crippen molar-refractivity contribution in [3.63, 3.8) is 0 Å². The normalized spacial score (nSPS) is 23.0. The van der Waals surface area contributed by atoms with Gasteiger partial charge < -0.3 is 29.0 Å². The predicted molar refractivity (Wildman–Crippen MR) is 191 cm³/mol. The molecule has 1 fully saturated rings. The third-order valence-corrected chi connectivity index (χ3v) is 15.0. The van der Waals surface area contributed by atoms with E-state index in [2.05, 4.69) is 32.2 Å². The summed E-state index contributed by atoms with van der Waals surface area (Å²) in [6.07, 6.45) is 0.0926. The maximum absolute atomic E-state index is 15.1. The van der Waals surface area contributed by atoms with Crippen molar-refractivity contribution in [3.8, 4) is 17.2 Å². The Morgan fingerprint density at radius 1 is 0.898 bits per heavy atom. The van der Waals surface area contributed by atoms with Gasteiger partial charge in [-0.3, -0.25) is 14.5 Å². The summed E-state index contributed by atoms with van der Waals surface area (Å²) in [5.74, 6) is 1.58. The molecule has 3 heterocycles. The molecule has 0 radical (unpaired) electrons. The van der Waals surface area contributed by atoms with Gasteiger partial charge in [-0.1, -0.05) is 61.6 Å². The molecule has 1 saturated heterocycles. The lowest BCUT2D eigenvalue weighted by molar-refractivity contribution is -0.146. The second-order valence-corrected chi connectivity index (χ2v) is 18.3. The molecular formula is C39H42N2O7Si. The molecule has 4 atom stereocenters. The number of hydrogen-bond donors (Lipinski definition) is 1. The molecule has 0 unspecified atom stereocenters. The van der Waals surface area contributed by atoms with E-state index in [4.69, 9.17) is 18.9 Å². The number of aliphatic hydroxyl groups is 1. The first kappa shape index (κ1) is 32.9. The number of ether oxygens (including phenoxy) is 4. The number of carbonyl (C=O) groups is 2. The number of anilines is 3. The fraction of sp³-hybridized carbons (Fsp3) is 0.333. The van der Waals surface area contributed by atoms with E-state index in [1.165, 1.54) is 5.19 Å². The minimum Gasteiger partial charge on any atom is -0.497 e. The summed E-state index contributed by atoms with van der Waals surface area (Å²) in [6.45, 7) is 6.96. The van der Waals surface area contributed by atoms with Gasteiger partial charge in [0.1, 0.15) is 17.2 Å². The molecule has 254 valence electrons. The molecular weight excluding hydrogens is 637 g/mol. The molecule has 4 aromatic rings. The number of benzene rings is 4. The SMILES string of the molecule is COc1ccc([Si](C)(C)[C@H]2[C@H](CCO)O[C@@]3(C(=O)N(Cc4cccc(N5C(=O)COc6ccccc65)c4)c4ccc(OC)cc43)[C@@H]2C)cc1. The van der Waals surface area contributed by atoms with Crippen LogP contribution in [-0.4, -0.2) is 58.5 Å². The second kappa shape index (κ2) is 12.7. The zero-order valence-electron chi connectivity index (χ0n) is 28.5. The number of hydrogen-bond acceptors (Lipinski definition) is 7. The molecule has 0 aromatic heterocycles. The van der Waals surface area contributed by atoms with E-state index in [-0.39, 0.29) is 49.1 Å². The van der Waals surface area contributed by atoms with E-state index in [0.717, 1.165) is 22.6 Å². The molecule has 9 nitrogen and oxygen atoms in total. The summed E-state index contributed by atoms with van der Waals surface area (Å²) >= 11 is 0. The minimum absolute atomic E-state index is 0.0201. The van der Waals surface area contributed by atoms with Gasteiger partial charge in [0.25, 0.3) is 11.8 Å². The van der Waals surface area contributed by atoms with Crippen LogP contribution in [0.15, 0.2) is 91.0 Å². The van der Waals surface area contributed by atoms with Gasteiger partial charge >= 0.3 is 0 Å². The van der Waals surface area contributed by atoms with E-state index in [0.29, 0.717) is 29.3 Å².